The van der Waals surface area contributed by atoms with E-state index in [1.807, 2.05) is 37.1 Å². The number of carbonyl (C=O) groups is 1. The Morgan fingerprint density at radius 3 is 2.24 bits per heavy atom. The van der Waals surface area contributed by atoms with Crippen molar-refractivity contribution in [3.05, 3.63) is 45.4 Å². The average Bonchev–Trinajstić information content (AvgIpc) is 2.93. The molecule has 0 radical (unpaired) electrons. The maximum Gasteiger partial charge on any atom is 0.253 e. The average molecular weight is 525 g/mol. The molecule has 2 fully saturated rings. The van der Waals surface area contributed by atoms with Crippen LogP contribution in [0.25, 0.3) is 11.1 Å². The van der Waals surface area contributed by atoms with E-state index in [4.69, 9.17) is 9.47 Å². The zero-order valence-corrected chi connectivity index (χ0v) is 24.1. The molecule has 0 bridgehead atoms. The van der Waals surface area contributed by atoms with Gasteiger partial charge in [0.25, 0.3) is 5.56 Å². The minimum absolute atomic E-state index is 0.0129. The zero-order valence-electron chi connectivity index (χ0n) is 24.1. The predicted octanol–water partition coefficient (Wildman–Crippen LogP) is 3.21. The second kappa shape index (κ2) is 11.9. The smallest absolute Gasteiger partial charge is 0.253 e. The van der Waals surface area contributed by atoms with Crippen LogP contribution in [0.15, 0.2) is 23.1 Å². The van der Waals surface area contributed by atoms with Crippen molar-refractivity contribution in [1.82, 2.24) is 19.7 Å². The maximum absolute atomic E-state index is 13.3. The van der Waals surface area contributed by atoms with E-state index in [9.17, 15) is 9.59 Å². The van der Waals surface area contributed by atoms with Crippen LogP contribution in [0, 0.1) is 31.6 Å². The molecule has 208 valence electrons. The number of ether oxygens (including phenoxy) is 2. The summed E-state index contributed by atoms with van der Waals surface area (Å²) in [6.45, 7) is 13.9. The number of methoxy groups -OCH3 is 2. The SMILES string of the molecule is COc1cc(-c2cn(C)c(=O)c(C)c2C)cc(OC)c1CN1CCN(C(=O)C2CNCC(C(C)C)C2)CC1. The van der Waals surface area contributed by atoms with Gasteiger partial charge in [0.15, 0.2) is 0 Å². The summed E-state index contributed by atoms with van der Waals surface area (Å²) < 4.78 is 13.3. The molecule has 1 amide bonds. The number of benzene rings is 1. The van der Waals surface area contributed by atoms with E-state index in [1.54, 1.807) is 25.8 Å². The molecule has 3 heterocycles. The van der Waals surface area contributed by atoms with Crippen LogP contribution in [0.5, 0.6) is 11.5 Å². The molecule has 8 nitrogen and oxygen atoms in total. The molecule has 2 aliphatic rings. The molecule has 1 aromatic heterocycles. The van der Waals surface area contributed by atoms with Gasteiger partial charge in [-0.05, 0) is 61.9 Å². The topological polar surface area (TPSA) is 76.0 Å². The normalized spacial score (nSPS) is 20.6. The van der Waals surface area contributed by atoms with Gasteiger partial charge in [-0.25, -0.2) is 0 Å². The van der Waals surface area contributed by atoms with Gasteiger partial charge in [0, 0.05) is 63.6 Å². The summed E-state index contributed by atoms with van der Waals surface area (Å²) in [7, 11) is 5.14. The highest BCUT2D eigenvalue weighted by Crippen LogP contribution is 2.37. The van der Waals surface area contributed by atoms with Crippen molar-refractivity contribution >= 4 is 5.91 Å². The summed E-state index contributed by atoms with van der Waals surface area (Å²) >= 11 is 0. The fraction of sp³-hybridized carbons (Fsp3) is 0.600. The standard InChI is InChI=1S/C30H44N4O4/c1-19(2)23-12-24(16-31-15-23)30(36)34-10-8-33(9-11-34)18-26-27(37-6)13-22(14-28(26)38-7)25-17-32(5)29(35)21(4)20(25)3/h13-14,17,19,23-24,31H,8-12,15-16,18H2,1-7H3. The maximum atomic E-state index is 13.3. The minimum atomic E-state index is 0.0129. The summed E-state index contributed by atoms with van der Waals surface area (Å²) in [4.78, 5) is 30.0. The lowest BCUT2D eigenvalue weighted by atomic mass is 9.82. The highest BCUT2D eigenvalue weighted by molar-refractivity contribution is 5.79. The number of hydrogen-bond acceptors (Lipinski definition) is 6. The Labute approximate surface area is 226 Å². The van der Waals surface area contributed by atoms with Crippen LogP contribution in [0.4, 0.5) is 0 Å². The Bertz CT molecular complexity index is 1190. The first kappa shape index (κ1) is 28.2. The van der Waals surface area contributed by atoms with Crippen molar-refractivity contribution in [2.45, 2.75) is 40.7 Å². The van der Waals surface area contributed by atoms with Crippen LogP contribution in [0.3, 0.4) is 0 Å². The number of pyridine rings is 1. The monoisotopic (exact) mass is 524 g/mol. The molecule has 1 N–H and O–H groups in total. The summed E-state index contributed by atoms with van der Waals surface area (Å²) in [6, 6.07) is 4.07. The van der Waals surface area contributed by atoms with E-state index in [2.05, 4.69) is 24.1 Å². The first-order valence-electron chi connectivity index (χ1n) is 13.8. The van der Waals surface area contributed by atoms with Gasteiger partial charge in [-0.2, -0.15) is 0 Å². The molecule has 38 heavy (non-hydrogen) atoms. The van der Waals surface area contributed by atoms with E-state index in [1.165, 1.54) is 0 Å². The van der Waals surface area contributed by atoms with E-state index >= 15 is 0 Å². The lowest BCUT2D eigenvalue weighted by Crippen LogP contribution is -2.53. The third-order valence-electron chi connectivity index (χ3n) is 8.59. The van der Waals surface area contributed by atoms with Crippen molar-refractivity contribution in [3.63, 3.8) is 0 Å². The Morgan fingerprint density at radius 1 is 1.03 bits per heavy atom. The molecule has 0 spiro atoms. The Balaban J connectivity index is 1.48. The van der Waals surface area contributed by atoms with Crippen LogP contribution in [0.2, 0.25) is 0 Å². The second-order valence-corrected chi connectivity index (χ2v) is 11.3. The molecule has 0 aliphatic carbocycles. The Kier molecular flexibility index (Phi) is 8.83. The minimum Gasteiger partial charge on any atom is -0.496 e. The number of aryl methyl sites for hydroxylation is 1. The summed E-state index contributed by atoms with van der Waals surface area (Å²) in [5.74, 6) is 3.06. The number of aromatic nitrogens is 1. The molecule has 0 saturated carbocycles. The van der Waals surface area contributed by atoms with Gasteiger partial charge < -0.3 is 24.3 Å². The van der Waals surface area contributed by atoms with Crippen LogP contribution >= 0.6 is 0 Å². The number of nitrogens with one attached hydrogen (secondary N) is 1. The third-order valence-corrected chi connectivity index (χ3v) is 8.59. The second-order valence-electron chi connectivity index (χ2n) is 11.3. The number of nitrogens with zero attached hydrogens (tertiary/aromatic N) is 3. The Morgan fingerprint density at radius 2 is 1.66 bits per heavy atom. The van der Waals surface area contributed by atoms with Gasteiger partial charge in [-0.1, -0.05) is 13.8 Å². The first-order valence-corrected chi connectivity index (χ1v) is 13.8. The molecular weight excluding hydrogens is 480 g/mol. The van der Waals surface area contributed by atoms with Gasteiger partial charge >= 0.3 is 0 Å². The van der Waals surface area contributed by atoms with Gasteiger partial charge in [-0.15, -0.1) is 0 Å². The Hall–Kier alpha value is -2.84. The molecule has 1 aromatic carbocycles. The fourth-order valence-electron chi connectivity index (χ4n) is 5.84. The number of hydrogen-bond donors (Lipinski definition) is 1. The lowest BCUT2D eigenvalue weighted by Gasteiger charge is -2.39. The zero-order chi connectivity index (χ0) is 27.6. The third kappa shape index (κ3) is 5.76. The van der Waals surface area contributed by atoms with Crippen LogP contribution in [-0.2, 0) is 18.4 Å². The summed E-state index contributed by atoms with van der Waals surface area (Å²) in [5, 5.41) is 3.48. The van der Waals surface area contributed by atoms with Crippen molar-refractivity contribution < 1.29 is 14.3 Å². The largest absolute Gasteiger partial charge is 0.496 e. The molecule has 2 saturated heterocycles. The molecule has 8 heteroatoms. The van der Waals surface area contributed by atoms with Crippen LogP contribution < -0.4 is 20.3 Å². The van der Waals surface area contributed by atoms with Gasteiger partial charge in [-0.3, -0.25) is 14.5 Å². The van der Waals surface area contributed by atoms with Crippen molar-refractivity contribution in [2.24, 2.45) is 24.8 Å². The summed E-state index contributed by atoms with van der Waals surface area (Å²) in [6.07, 6.45) is 2.86. The highest BCUT2D eigenvalue weighted by atomic mass is 16.5. The van der Waals surface area contributed by atoms with E-state index in [0.717, 1.165) is 85.0 Å². The molecule has 2 unspecified atom stereocenters. The van der Waals surface area contributed by atoms with E-state index in [0.29, 0.717) is 24.3 Å². The van der Waals surface area contributed by atoms with Crippen molar-refractivity contribution in [2.75, 3.05) is 53.5 Å². The molecule has 4 rings (SSSR count). The number of piperazine rings is 1. The van der Waals surface area contributed by atoms with Crippen molar-refractivity contribution in [3.8, 4) is 22.6 Å². The van der Waals surface area contributed by atoms with Crippen molar-refractivity contribution in [1.29, 1.82) is 0 Å². The molecular formula is C30H44N4O4. The van der Waals surface area contributed by atoms with E-state index < -0.39 is 0 Å². The number of rotatable bonds is 7. The molecule has 2 aliphatic heterocycles. The predicted molar refractivity (Wildman–Crippen MR) is 151 cm³/mol. The molecule has 2 atom stereocenters. The molecule has 2 aromatic rings. The number of amides is 1. The quantitative estimate of drug-likeness (QED) is 0.600. The van der Waals surface area contributed by atoms with Gasteiger partial charge in [0.1, 0.15) is 11.5 Å². The number of carbonyl (C=O) groups excluding carboxylic acids is 1. The van der Waals surface area contributed by atoms with Crippen LogP contribution in [-0.4, -0.2) is 73.8 Å². The number of piperidine rings is 1. The fourth-order valence-corrected chi connectivity index (χ4v) is 5.84. The lowest BCUT2D eigenvalue weighted by molar-refractivity contribution is -0.138. The van der Waals surface area contributed by atoms with Gasteiger partial charge in [0.2, 0.25) is 5.91 Å². The first-order chi connectivity index (χ1) is 18.1. The highest BCUT2D eigenvalue weighted by Gasteiger charge is 2.33. The summed E-state index contributed by atoms with van der Waals surface area (Å²) in [5.41, 5.74) is 4.64. The van der Waals surface area contributed by atoms with Gasteiger partial charge in [0.05, 0.1) is 25.7 Å². The van der Waals surface area contributed by atoms with E-state index in [-0.39, 0.29) is 11.5 Å². The van der Waals surface area contributed by atoms with Crippen LogP contribution in [0.1, 0.15) is 37.0 Å².